The highest BCUT2D eigenvalue weighted by Gasteiger charge is 2.16. The molecule has 1 aromatic heterocycles. The third kappa shape index (κ3) is 6.47. The van der Waals surface area contributed by atoms with E-state index < -0.39 is 0 Å². The molecule has 4 N–H and O–H groups in total. The van der Waals surface area contributed by atoms with Gasteiger partial charge in [0.1, 0.15) is 17.5 Å². The summed E-state index contributed by atoms with van der Waals surface area (Å²) in [5.74, 6) is 1.52. The van der Waals surface area contributed by atoms with Crippen molar-refractivity contribution in [2.45, 2.75) is 25.7 Å². The molecule has 2 aromatic carbocycles. The van der Waals surface area contributed by atoms with Crippen molar-refractivity contribution in [3.63, 3.8) is 0 Å². The maximum Gasteiger partial charge on any atom is 0.190 e. The molecule has 1 atom stereocenters. The summed E-state index contributed by atoms with van der Waals surface area (Å²) in [5.41, 5.74) is 9.47. The lowest BCUT2D eigenvalue weighted by molar-refractivity contribution is 0.684. The van der Waals surface area contributed by atoms with Gasteiger partial charge in [-0.3, -0.25) is 4.99 Å². The number of hydrogen-bond acceptors (Lipinski definition) is 4. The van der Waals surface area contributed by atoms with Gasteiger partial charge in [0.05, 0.1) is 11.4 Å². The van der Waals surface area contributed by atoms with Gasteiger partial charge < -0.3 is 16.4 Å². The number of benzene rings is 2. The number of nitrogens with zero attached hydrogens (tertiary/aromatic N) is 4. The smallest absolute Gasteiger partial charge is 0.190 e. The van der Waals surface area contributed by atoms with Gasteiger partial charge in [0.15, 0.2) is 5.96 Å². The molecule has 32 heavy (non-hydrogen) atoms. The monoisotopic (exact) mass is 543 g/mol. The van der Waals surface area contributed by atoms with E-state index >= 15 is 0 Å². The van der Waals surface area contributed by atoms with Crippen LogP contribution in [0.1, 0.15) is 36.1 Å². The van der Waals surface area contributed by atoms with E-state index in [1.807, 2.05) is 36.4 Å². The van der Waals surface area contributed by atoms with Crippen molar-refractivity contribution in [2.75, 3.05) is 25.9 Å². The molecule has 1 unspecified atom stereocenters. The molecule has 0 amide bonds. The topological polar surface area (TPSA) is 104 Å². The van der Waals surface area contributed by atoms with Gasteiger partial charge >= 0.3 is 0 Å². The zero-order chi connectivity index (χ0) is 22.1. The van der Waals surface area contributed by atoms with Crippen LogP contribution in [-0.2, 0) is 6.42 Å². The lowest BCUT2D eigenvalue weighted by Crippen LogP contribution is -2.39. The van der Waals surface area contributed by atoms with Crippen molar-refractivity contribution in [3.8, 4) is 11.8 Å². The summed E-state index contributed by atoms with van der Waals surface area (Å²) in [6, 6.07) is 22.2. The maximum absolute atomic E-state index is 9.53. The largest absolute Gasteiger partial charge is 0.382 e. The number of nitrogens with one attached hydrogen (secondary N) is 2. The number of aromatic nitrogens is 2. The Morgan fingerprint density at radius 3 is 2.41 bits per heavy atom. The van der Waals surface area contributed by atoms with E-state index in [1.165, 1.54) is 5.56 Å². The second kappa shape index (κ2) is 12.7. The van der Waals surface area contributed by atoms with Crippen LogP contribution >= 0.6 is 24.0 Å². The number of guanidine groups is 1. The number of hydrogen-bond donors (Lipinski definition) is 3. The Hall–Kier alpha value is -3.06. The molecular weight excluding hydrogens is 513 g/mol. The molecule has 168 valence electrons. The Morgan fingerprint density at radius 2 is 1.78 bits per heavy atom. The summed E-state index contributed by atoms with van der Waals surface area (Å²) in [7, 11) is 1.76. The van der Waals surface area contributed by atoms with Crippen molar-refractivity contribution in [3.05, 3.63) is 77.5 Å². The Bertz CT molecular complexity index is 1040. The molecule has 3 rings (SSSR count). The summed E-state index contributed by atoms with van der Waals surface area (Å²) in [4.78, 5) is 4.29. The van der Waals surface area contributed by atoms with Crippen LogP contribution in [0.25, 0.3) is 5.69 Å². The second-order valence-electron chi connectivity index (χ2n) is 7.36. The predicted octanol–water partition coefficient (Wildman–Crippen LogP) is 3.85. The van der Waals surface area contributed by atoms with Crippen molar-refractivity contribution in [1.29, 1.82) is 5.26 Å². The fourth-order valence-electron chi connectivity index (χ4n) is 3.37. The number of halogens is 1. The summed E-state index contributed by atoms with van der Waals surface area (Å²) in [5, 5.41) is 20.8. The molecule has 0 saturated heterocycles. The molecule has 0 fully saturated rings. The minimum atomic E-state index is 0. The standard InChI is InChI=1S/C24H29N7.HI/c1-18(19-10-5-3-6-11-19)17-29-24(27-2)28-15-9-14-22-21(16-25)23(26)31(30-22)20-12-7-4-8-13-20;/h3-8,10-13,18H,9,14-15,17,26H2,1-2H3,(H2,27,28,29);1H. The number of rotatable bonds is 8. The fourth-order valence-corrected chi connectivity index (χ4v) is 3.37. The molecule has 0 spiro atoms. The van der Waals surface area contributed by atoms with Crippen LogP contribution in [0.5, 0.6) is 0 Å². The van der Waals surface area contributed by atoms with Crippen LogP contribution in [0.4, 0.5) is 5.82 Å². The van der Waals surface area contributed by atoms with Crippen LogP contribution in [0.3, 0.4) is 0 Å². The third-order valence-corrected chi connectivity index (χ3v) is 5.16. The van der Waals surface area contributed by atoms with E-state index in [9.17, 15) is 5.26 Å². The average Bonchev–Trinajstić information content (AvgIpc) is 3.14. The lowest BCUT2D eigenvalue weighted by atomic mass is 10.0. The van der Waals surface area contributed by atoms with Gasteiger partial charge in [0, 0.05) is 20.1 Å². The van der Waals surface area contributed by atoms with Crippen molar-refractivity contribution in [2.24, 2.45) is 4.99 Å². The number of aliphatic imine (C=N–C) groups is 1. The quantitative estimate of drug-likeness (QED) is 0.173. The van der Waals surface area contributed by atoms with Gasteiger partial charge in [-0.05, 0) is 36.5 Å². The minimum Gasteiger partial charge on any atom is -0.382 e. The predicted molar refractivity (Wildman–Crippen MR) is 141 cm³/mol. The summed E-state index contributed by atoms with van der Waals surface area (Å²) in [6.07, 6.45) is 1.45. The number of para-hydroxylation sites is 1. The molecule has 3 aromatic rings. The van der Waals surface area contributed by atoms with Crippen LogP contribution < -0.4 is 16.4 Å². The number of nitrogens with two attached hydrogens (primary N) is 1. The van der Waals surface area contributed by atoms with E-state index in [4.69, 9.17) is 5.73 Å². The highest BCUT2D eigenvalue weighted by Crippen LogP contribution is 2.21. The molecule has 1 heterocycles. The second-order valence-corrected chi connectivity index (χ2v) is 7.36. The number of nitriles is 1. The van der Waals surface area contributed by atoms with Gasteiger partial charge in [-0.15, -0.1) is 24.0 Å². The molecule has 0 aliphatic carbocycles. The average molecular weight is 543 g/mol. The molecule has 0 saturated carbocycles. The van der Waals surface area contributed by atoms with Crippen LogP contribution in [0.15, 0.2) is 65.7 Å². The van der Waals surface area contributed by atoms with Crippen LogP contribution in [-0.4, -0.2) is 35.9 Å². The third-order valence-electron chi connectivity index (χ3n) is 5.16. The van der Waals surface area contributed by atoms with Crippen molar-refractivity contribution in [1.82, 2.24) is 20.4 Å². The molecule has 8 heteroatoms. The number of nitrogen functional groups attached to an aromatic ring is 1. The first-order valence-electron chi connectivity index (χ1n) is 10.5. The Labute approximate surface area is 206 Å². The normalized spacial score (nSPS) is 11.8. The first kappa shape index (κ1) is 25.2. The molecular formula is C24H30IN7. The summed E-state index contributed by atoms with van der Waals surface area (Å²) in [6.45, 7) is 3.69. The maximum atomic E-state index is 9.53. The van der Waals surface area contributed by atoms with Crippen molar-refractivity contribution < 1.29 is 0 Å². The Kier molecular flexibility index (Phi) is 10.0. The van der Waals surface area contributed by atoms with E-state index in [1.54, 1.807) is 11.7 Å². The van der Waals surface area contributed by atoms with E-state index in [-0.39, 0.29) is 24.0 Å². The summed E-state index contributed by atoms with van der Waals surface area (Å²) >= 11 is 0. The molecule has 0 bridgehead atoms. The van der Waals surface area contributed by atoms with Gasteiger partial charge in [-0.2, -0.15) is 10.4 Å². The zero-order valence-electron chi connectivity index (χ0n) is 18.5. The highest BCUT2D eigenvalue weighted by atomic mass is 127. The SMILES string of the molecule is CN=C(NCCCc1nn(-c2ccccc2)c(N)c1C#N)NCC(C)c1ccccc1.I. The number of anilines is 1. The molecule has 0 aliphatic heterocycles. The van der Waals surface area contributed by atoms with Crippen LogP contribution in [0, 0.1) is 11.3 Å². The molecule has 7 nitrogen and oxygen atoms in total. The van der Waals surface area contributed by atoms with E-state index in [2.05, 4.69) is 58.0 Å². The van der Waals surface area contributed by atoms with Crippen molar-refractivity contribution >= 4 is 35.8 Å². The Morgan fingerprint density at radius 1 is 1.12 bits per heavy atom. The van der Waals surface area contributed by atoms with Gasteiger partial charge in [0.2, 0.25) is 0 Å². The van der Waals surface area contributed by atoms with E-state index in [0.717, 1.165) is 24.6 Å². The summed E-state index contributed by atoms with van der Waals surface area (Å²) < 4.78 is 1.63. The van der Waals surface area contributed by atoms with Gasteiger partial charge in [0.25, 0.3) is 0 Å². The van der Waals surface area contributed by atoms with E-state index in [0.29, 0.717) is 36.0 Å². The first-order chi connectivity index (χ1) is 15.1. The lowest BCUT2D eigenvalue weighted by Gasteiger charge is -2.16. The fraction of sp³-hybridized carbons (Fsp3) is 0.292. The molecule has 0 radical (unpaired) electrons. The van der Waals surface area contributed by atoms with Crippen LogP contribution in [0.2, 0.25) is 0 Å². The zero-order valence-corrected chi connectivity index (χ0v) is 20.8. The van der Waals surface area contributed by atoms with Gasteiger partial charge in [-0.1, -0.05) is 55.5 Å². The number of aryl methyl sites for hydroxylation is 1. The first-order valence-corrected chi connectivity index (χ1v) is 10.5. The highest BCUT2D eigenvalue weighted by molar-refractivity contribution is 14.0. The minimum absolute atomic E-state index is 0. The molecule has 0 aliphatic rings. The Balaban J connectivity index is 0.00000363. The van der Waals surface area contributed by atoms with Gasteiger partial charge in [-0.25, -0.2) is 4.68 Å².